The van der Waals surface area contributed by atoms with Gasteiger partial charge in [-0.3, -0.25) is 9.79 Å². The van der Waals surface area contributed by atoms with Crippen LogP contribution in [0.2, 0.25) is 0 Å². The summed E-state index contributed by atoms with van der Waals surface area (Å²) in [7, 11) is 1.67. The van der Waals surface area contributed by atoms with Crippen molar-refractivity contribution in [1.29, 1.82) is 0 Å². The molecule has 5 rings (SSSR count). The second-order valence-corrected chi connectivity index (χ2v) is 10.4. The highest BCUT2D eigenvalue weighted by Gasteiger charge is 2.41. The van der Waals surface area contributed by atoms with Crippen molar-refractivity contribution in [3.63, 3.8) is 0 Å². The highest BCUT2D eigenvalue weighted by molar-refractivity contribution is 6.10. The summed E-state index contributed by atoms with van der Waals surface area (Å²) in [5.41, 5.74) is 6.50. The monoisotopic (exact) mass is 452 g/mol. The van der Waals surface area contributed by atoms with Crippen LogP contribution >= 0.6 is 0 Å². The number of methoxy groups -OCH3 is 1. The number of Topliss-reactive ketones (excluding diaryl/α,β-unsaturated/α-hetero) is 1. The Bertz CT molecular complexity index is 1220. The third-order valence-corrected chi connectivity index (χ3v) is 7.14. The number of carbonyl (C=O) groups is 1. The van der Waals surface area contributed by atoms with E-state index in [1.807, 2.05) is 30.3 Å². The van der Waals surface area contributed by atoms with Gasteiger partial charge in [0.1, 0.15) is 11.5 Å². The highest BCUT2D eigenvalue weighted by atomic mass is 16.5. The molecule has 0 unspecified atom stereocenters. The van der Waals surface area contributed by atoms with E-state index in [4.69, 9.17) is 9.73 Å². The predicted molar refractivity (Wildman–Crippen MR) is 139 cm³/mol. The molecular formula is C30H32N2O2. The van der Waals surface area contributed by atoms with E-state index >= 15 is 0 Å². The van der Waals surface area contributed by atoms with Crippen molar-refractivity contribution in [2.45, 2.75) is 51.0 Å². The van der Waals surface area contributed by atoms with E-state index in [9.17, 15) is 4.79 Å². The molecule has 4 nitrogen and oxygen atoms in total. The van der Waals surface area contributed by atoms with E-state index in [1.165, 1.54) is 5.56 Å². The minimum absolute atomic E-state index is 0.0842. The number of anilines is 1. The molecule has 1 aliphatic carbocycles. The number of nitrogens with zero attached hydrogens (tertiary/aromatic N) is 1. The van der Waals surface area contributed by atoms with Crippen LogP contribution in [0.3, 0.4) is 0 Å². The summed E-state index contributed by atoms with van der Waals surface area (Å²) >= 11 is 0. The second-order valence-electron chi connectivity index (χ2n) is 10.4. The first-order chi connectivity index (χ1) is 16.3. The summed E-state index contributed by atoms with van der Waals surface area (Å²) in [4.78, 5) is 18.8. The van der Waals surface area contributed by atoms with E-state index in [2.05, 4.69) is 68.6 Å². The lowest BCUT2D eigenvalue weighted by Crippen LogP contribution is -2.38. The van der Waals surface area contributed by atoms with Crippen LogP contribution < -0.4 is 10.1 Å². The van der Waals surface area contributed by atoms with Gasteiger partial charge in [0, 0.05) is 12.1 Å². The van der Waals surface area contributed by atoms with Gasteiger partial charge in [-0.1, -0.05) is 69.3 Å². The third-order valence-electron chi connectivity index (χ3n) is 7.14. The molecule has 0 amide bonds. The van der Waals surface area contributed by atoms with Gasteiger partial charge < -0.3 is 10.1 Å². The van der Waals surface area contributed by atoms with Gasteiger partial charge in [-0.2, -0.15) is 0 Å². The van der Waals surface area contributed by atoms with Gasteiger partial charge in [-0.15, -0.1) is 0 Å². The summed E-state index contributed by atoms with van der Waals surface area (Å²) in [6.07, 6.45) is 1.29. The first kappa shape index (κ1) is 22.4. The maximum Gasteiger partial charge on any atom is 0.144 e. The molecule has 0 spiro atoms. The van der Waals surface area contributed by atoms with E-state index in [0.717, 1.165) is 40.4 Å². The molecule has 3 aromatic rings. The van der Waals surface area contributed by atoms with Crippen LogP contribution in [0.1, 0.15) is 62.3 Å². The van der Waals surface area contributed by atoms with Gasteiger partial charge in [0.15, 0.2) is 0 Å². The molecule has 1 aliphatic heterocycles. The number of benzene rings is 3. The molecule has 3 aromatic carbocycles. The zero-order valence-electron chi connectivity index (χ0n) is 20.3. The van der Waals surface area contributed by atoms with Crippen molar-refractivity contribution in [3.05, 3.63) is 89.5 Å². The lowest BCUT2D eigenvalue weighted by molar-refractivity contribution is -0.122. The van der Waals surface area contributed by atoms with E-state index in [1.54, 1.807) is 7.11 Å². The Morgan fingerprint density at radius 3 is 2.24 bits per heavy atom. The molecule has 1 saturated carbocycles. The fourth-order valence-corrected chi connectivity index (χ4v) is 5.18. The Hall–Kier alpha value is -3.40. The van der Waals surface area contributed by atoms with E-state index < -0.39 is 0 Å². The number of ketones is 1. The summed E-state index contributed by atoms with van der Waals surface area (Å²) in [6, 6.07) is 24.8. The van der Waals surface area contributed by atoms with Crippen molar-refractivity contribution in [3.8, 4) is 5.75 Å². The zero-order chi connectivity index (χ0) is 23.9. The third kappa shape index (κ3) is 4.25. The van der Waals surface area contributed by atoms with Crippen LogP contribution in [-0.4, -0.2) is 18.6 Å². The number of fused-ring (bicyclic) bond motifs is 2. The number of nitrogens with one attached hydrogen (secondary N) is 1. The average Bonchev–Trinajstić information content (AvgIpc) is 3.00. The maximum atomic E-state index is 13.7. The van der Waals surface area contributed by atoms with Gasteiger partial charge in [0.2, 0.25) is 0 Å². The van der Waals surface area contributed by atoms with Crippen molar-refractivity contribution in [1.82, 2.24) is 0 Å². The quantitative estimate of drug-likeness (QED) is 0.466. The molecule has 0 bridgehead atoms. The fourth-order valence-electron chi connectivity index (χ4n) is 5.18. The number of hydrogen-bond acceptors (Lipinski definition) is 4. The standard InChI is InChI=1S/C30H32N2O2/c1-30(2,3)22-13-9-20(10-14-22)29-28-26(31-24-7-5-6-8-25(24)32-29)17-21(18-27(28)33)19-11-15-23(34-4)16-12-19/h5-16,21,28-29,32H,17-18H2,1-4H3/t21-,28-,29+/m1/s1. The molecule has 4 heteroatoms. The smallest absolute Gasteiger partial charge is 0.144 e. The van der Waals surface area contributed by atoms with Crippen molar-refractivity contribution < 1.29 is 9.53 Å². The number of aliphatic imine (C=N–C) groups is 1. The van der Waals surface area contributed by atoms with Crippen molar-refractivity contribution in [2.75, 3.05) is 12.4 Å². The minimum Gasteiger partial charge on any atom is -0.497 e. The molecule has 0 saturated heterocycles. The largest absolute Gasteiger partial charge is 0.497 e. The molecule has 3 atom stereocenters. The van der Waals surface area contributed by atoms with Gasteiger partial charge in [-0.25, -0.2) is 0 Å². The summed E-state index contributed by atoms with van der Waals surface area (Å²) in [5, 5.41) is 3.68. The van der Waals surface area contributed by atoms with Crippen LogP contribution in [0.4, 0.5) is 11.4 Å². The molecule has 1 N–H and O–H groups in total. The van der Waals surface area contributed by atoms with Gasteiger partial charge >= 0.3 is 0 Å². The Morgan fingerprint density at radius 2 is 1.56 bits per heavy atom. The fraction of sp³-hybridized carbons (Fsp3) is 0.333. The first-order valence-electron chi connectivity index (χ1n) is 12.0. The van der Waals surface area contributed by atoms with Gasteiger partial charge in [-0.05, 0) is 58.7 Å². The Balaban J connectivity index is 1.53. The topological polar surface area (TPSA) is 50.7 Å². The lowest BCUT2D eigenvalue weighted by atomic mass is 9.72. The Kier molecular flexibility index (Phi) is 5.76. The molecule has 34 heavy (non-hydrogen) atoms. The number of hydrogen-bond donors (Lipinski definition) is 1. The van der Waals surface area contributed by atoms with Gasteiger partial charge in [0.05, 0.1) is 30.4 Å². The van der Waals surface area contributed by atoms with Crippen LogP contribution in [-0.2, 0) is 10.2 Å². The number of carbonyl (C=O) groups excluding carboxylic acids is 1. The Labute approximate surface area is 202 Å². The summed E-state index contributed by atoms with van der Waals surface area (Å²) in [5.74, 6) is 0.924. The molecule has 0 radical (unpaired) electrons. The number of ether oxygens (including phenoxy) is 1. The second kappa shape index (κ2) is 8.75. The minimum atomic E-state index is -0.276. The maximum absolute atomic E-state index is 13.7. The molecular weight excluding hydrogens is 420 g/mol. The average molecular weight is 453 g/mol. The normalized spacial score (nSPS) is 22.1. The molecule has 0 aromatic heterocycles. The van der Waals surface area contributed by atoms with Crippen LogP contribution in [0.15, 0.2) is 77.8 Å². The predicted octanol–water partition coefficient (Wildman–Crippen LogP) is 6.99. The first-order valence-corrected chi connectivity index (χ1v) is 12.0. The number of rotatable bonds is 3. The van der Waals surface area contributed by atoms with Crippen molar-refractivity contribution in [2.24, 2.45) is 10.9 Å². The molecule has 1 fully saturated rings. The summed E-state index contributed by atoms with van der Waals surface area (Å²) in [6.45, 7) is 6.66. The molecule has 1 heterocycles. The molecule has 174 valence electrons. The lowest BCUT2D eigenvalue weighted by Gasteiger charge is -2.34. The van der Waals surface area contributed by atoms with Crippen LogP contribution in [0.5, 0.6) is 5.75 Å². The number of para-hydroxylation sites is 2. The van der Waals surface area contributed by atoms with E-state index in [-0.39, 0.29) is 29.1 Å². The summed E-state index contributed by atoms with van der Waals surface area (Å²) < 4.78 is 5.31. The van der Waals surface area contributed by atoms with Crippen LogP contribution in [0.25, 0.3) is 0 Å². The molecule has 2 aliphatic rings. The highest BCUT2D eigenvalue weighted by Crippen LogP contribution is 2.44. The zero-order valence-corrected chi connectivity index (χ0v) is 20.3. The SMILES string of the molecule is COc1ccc([C@H]2CC(=O)[C@H]3C(=Nc4ccccc4N[C@H]3c3ccc(C(C)(C)C)cc3)C2)cc1. The Morgan fingerprint density at radius 1 is 0.882 bits per heavy atom. The van der Waals surface area contributed by atoms with Crippen LogP contribution in [0, 0.1) is 5.92 Å². The van der Waals surface area contributed by atoms with Gasteiger partial charge in [0.25, 0.3) is 0 Å². The van der Waals surface area contributed by atoms with E-state index in [0.29, 0.717) is 6.42 Å². The van der Waals surface area contributed by atoms with Crippen molar-refractivity contribution >= 4 is 22.9 Å².